The lowest BCUT2D eigenvalue weighted by Gasteiger charge is -2.33. The summed E-state index contributed by atoms with van der Waals surface area (Å²) < 4.78 is 0. The molecule has 1 aliphatic heterocycles. The van der Waals surface area contributed by atoms with Gasteiger partial charge in [-0.1, -0.05) is 29.8 Å². The summed E-state index contributed by atoms with van der Waals surface area (Å²) in [7, 11) is 4.09. The predicted molar refractivity (Wildman–Crippen MR) is 117 cm³/mol. The van der Waals surface area contributed by atoms with Gasteiger partial charge in [-0.15, -0.1) is 0 Å². The van der Waals surface area contributed by atoms with Crippen LogP contribution in [0.3, 0.4) is 0 Å². The van der Waals surface area contributed by atoms with Crippen molar-refractivity contribution in [1.29, 1.82) is 0 Å². The fraction of sp³-hybridized carbons (Fsp3) is 0.417. The molecular formula is C24H31N3O2. The highest BCUT2D eigenvalue weighted by Gasteiger charge is 2.26. The molecule has 0 aromatic heterocycles. The predicted octanol–water partition coefficient (Wildman–Crippen LogP) is 3.44. The van der Waals surface area contributed by atoms with Gasteiger partial charge in [-0.2, -0.15) is 0 Å². The number of hydrogen-bond acceptors (Lipinski definition) is 4. The van der Waals surface area contributed by atoms with Crippen molar-refractivity contribution < 1.29 is 9.59 Å². The van der Waals surface area contributed by atoms with Crippen LogP contribution in [0, 0.1) is 12.8 Å². The first-order chi connectivity index (χ1) is 14.0. The van der Waals surface area contributed by atoms with E-state index in [4.69, 9.17) is 0 Å². The van der Waals surface area contributed by atoms with Crippen molar-refractivity contribution in [3.63, 3.8) is 0 Å². The van der Waals surface area contributed by atoms with Gasteiger partial charge in [-0.3, -0.25) is 9.59 Å². The molecule has 1 saturated heterocycles. The van der Waals surface area contributed by atoms with Gasteiger partial charge in [0.2, 0.25) is 5.91 Å². The number of amides is 1. The molecule has 0 bridgehead atoms. The quantitative estimate of drug-likeness (QED) is 0.732. The summed E-state index contributed by atoms with van der Waals surface area (Å²) in [4.78, 5) is 28.0. The van der Waals surface area contributed by atoms with Crippen LogP contribution in [0.15, 0.2) is 48.5 Å². The minimum atomic E-state index is 0.0568. The molecule has 1 heterocycles. The normalized spacial score (nSPS) is 15.9. The van der Waals surface area contributed by atoms with Crippen molar-refractivity contribution in [2.24, 2.45) is 5.92 Å². The van der Waals surface area contributed by atoms with Crippen LogP contribution in [-0.2, 0) is 4.79 Å². The third-order valence-corrected chi connectivity index (χ3v) is 5.82. The smallest absolute Gasteiger partial charge is 0.223 e. The van der Waals surface area contributed by atoms with E-state index in [1.807, 2.05) is 38.4 Å². The van der Waals surface area contributed by atoms with Crippen LogP contribution in [0.25, 0.3) is 0 Å². The van der Waals surface area contributed by atoms with Crippen molar-refractivity contribution >= 4 is 17.9 Å². The highest BCUT2D eigenvalue weighted by Crippen LogP contribution is 2.24. The van der Waals surface area contributed by atoms with E-state index in [0.717, 1.165) is 37.9 Å². The zero-order valence-electron chi connectivity index (χ0n) is 17.6. The number of carbonyl (C=O) groups excluding carboxylic acids is 2. The maximum absolute atomic E-state index is 12.8. The number of nitrogens with one attached hydrogen (secondary N) is 1. The van der Waals surface area contributed by atoms with Gasteiger partial charge < -0.3 is 15.1 Å². The van der Waals surface area contributed by atoms with Crippen LogP contribution in [0.5, 0.6) is 0 Å². The largest absolute Gasteiger partial charge is 0.371 e. The Morgan fingerprint density at radius 1 is 1.10 bits per heavy atom. The van der Waals surface area contributed by atoms with Gasteiger partial charge >= 0.3 is 0 Å². The average Bonchev–Trinajstić information content (AvgIpc) is 2.75. The lowest BCUT2D eigenvalue weighted by atomic mass is 9.95. The summed E-state index contributed by atoms with van der Waals surface area (Å²) in [5.74, 6) is 0.209. The molecule has 2 aromatic rings. The van der Waals surface area contributed by atoms with Crippen LogP contribution in [0.4, 0.5) is 5.69 Å². The Morgan fingerprint density at radius 2 is 1.72 bits per heavy atom. The molecule has 5 nitrogen and oxygen atoms in total. The molecule has 2 aromatic carbocycles. The van der Waals surface area contributed by atoms with Gasteiger partial charge in [0.15, 0.2) is 0 Å². The Bertz CT molecular complexity index is 807. The molecule has 29 heavy (non-hydrogen) atoms. The second-order valence-electron chi connectivity index (χ2n) is 8.11. The Hall–Kier alpha value is -2.66. The van der Waals surface area contributed by atoms with Gasteiger partial charge in [-0.25, -0.2) is 0 Å². The number of aryl methyl sites for hydroxylation is 1. The SMILES string of the molecule is Cc1ccc([C@H](CNC(=O)C2CCN(c3ccc(C=O)cc3)CC2)N(C)C)cc1. The number of piperidine rings is 1. The third-order valence-electron chi connectivity index (χ3n) is 5.82. The van der Waals surface area contributed by atoms with Gasteiger partial charge in [0.1, 0.15) is 6.29 Å². The summed E-state index contributed by atoms with van der Waals surface area (Å²) in [6.45, 7) is 4.41. The number of anilines is 1. The molecule has 0 saturated carbocycles. The second kappa shape index (κ2) is 9.70. The summed E-state index contributed by atoms with van der Waals surface area (Å²) >= 11 is 0. The molecule has 5 heteroatoms. The zero-order chi connectivity index (χ0) is 20.8. The fourth-order valence-corrected chi connectivity index (χ4v) is 3.89. The van der Waals surface area contributed by atoms with E-state index in [0.29, 0.717) is 12.1 Å². The topological polar surface area (TPSA) is 52.7 Å². The van der Waals surface area contributed by atoms with Crippen LogP contribution < -0.4 is 10.2 Å². The summed E-state index contributed by atoms with van der Waals surface area (Å²) in [6.07, 6.45) is 2.55. The minimum Gasteiger partial charge on any atom is -0.371 e. The molecule has 1 atom stereocenters. The second-order valence-corrected chi connectivity index (χ2v) is 8.11. The maximum atomic E-state index is 12.8. The molecule has 1 amide bonds. The highest BCUT2D eigenvalue weighted by atomic mass is 16.1. The van der Waals surface area contributed by atoms with Gasteiger partial charge in [-0.05, 0) is 63.7 Å². The van der Waals surface area contributed by atoms with E-state index in [2.05, 4.69) is 46.3 Å². The molecule has 0 spiro atoms. The molecule has 0 radical (unpaired) electrons. The molecule has 154 valence electrons. The fourth-order valence-electron chi connectivity index (χ4n) is 3.89. The van der Waals surface area contributed by atoms with Crippen molar-refractivity contribution in [2.45, 2.75) is 25.8 Å². The lowest BCUT2D eigenvalue weighted by Crippen LogP contribution is -2.42. The van der Waals surface area contributed by atoms with E-state index in [1.54, 1.807) is 0 Å². The Balaban J connectivity index is 1.52. The van der Waals surface area contributed by atoms with Crippen LogP contribution in [0.2, 0.25) is 0 Å². The highest BCUT2D eigenvalue weighted by molar-refractivity contribution is 5.79. The van der Waals surface area contributed by atoms with Crippen molar-refractivity contribution in [3.05, 3.63) is 65.2 Å². The number of nitrogens with zero attached hydrogens (tertiary/aromatic N) is 2. The average molecular weight is 394 g/mol. The number of benzene rings is 2. The molecular weight excluding hydrogens is 362 g/mol. The summed E-state index contributed by atoms with van der Waals surface area (Å²) in [5, 5.41) is 3.18. The third kappa shape index (κ3) is 5.45. The van der Waals surface area contributed by atoms with E-state index >= 15 is 0 Å². The monoisotopic (exact) mass is 393 g/mol. The molecule has 1 fully saturated rings. The van der Waals surface area contributed by atoms with E-state index in [1.165, 1.54) is 11.1 Å². The Kier molecular flexibility index (Phi) is 7.04. The molecule has 3 rings (SSSR count). The number of rotatable bonds is 7. The zero-order valence-corrected chi connectivity index (χ0v) is 17.6. The van der Waals surface area contributed by atoms with Gasteiger partial charge in [0, 0.05) is 36.8 Å². The number of hydrogen-bond donors (Lipinski definition) is 1. The maximum Gasteiger partial charge on any atom is 0.223 e. The summed E-state index contributed by atoms with van der Waals surface area (Å²) in [6, 6.07) is 16.3. The lowest BCUT2D eigenvalue weighted by molar-refractivity contribution is -0.125. The van der Waals surface area contributed by atoms with Crippen molar-refractivity contribution in [1.82, 2.24) is 10.2 Å². The van der Waals surface area contributed by atoms with Crippen LogP contribution in [0.1, 0.15) is 40.4 Å². The molecule has 1 N–H and O–H groups in total. The molecule has 0 unspecified atom stereocenters. The van der Waals surface area contributed by atoms with Gasteiger partial charge in [0.05, 0.1) is 6.04 Å². The number of carbonyl (C=O) groups is 2. The first-order valence-electron chi connectivity index (χ1n) is 10.3. The standard InChI is InChI=1S/C24H31N3O2/c1-18-4-8-20(9-5-18)23(26(2)3)16-25-24(29)21-12-14-27(15-13-21)22-10-6-19(17-28)7-11-22/h4-11,17,21,23H,12-16H2,1-3H3,(H,25,29)/t23-/m0/s1. The molecule has 0 aliphatic carbocycles. The van der Waals surface area contributed by atoms with Crippen molar-refractivity contribution in [3.8, 4) is 0 Å². The van der Waals surface area contributed by atoms with E-state index in [-0.39, 0.29) is 17.9 Å². The van der Waals surface area contributed by atoms with Crippen LogP contribution >= 0.6 is 0 Å². The number of likely N-dealkylation sites (N-methyl/N-ethyl adjacent to an activating group) is 1. The first kappa shape index (κ1) is 21.1. The van der Waals surface area contributed by atoms with Crippen molar-refractivity contribution in [2.75, 3.05) is 38.6 Å². The first-order valence-corrected chi connectivity index (χ1v) is 10.3. The van der Waals surface area contributed by atoms with Crippen LogP contribution in [-0.4, -0.2) is 50.8 Å². The van der Waals surface area contributed by atoms with E-state index in [9.17, 15) is 9.59 Å². The minimum absolute atomic E-state index is 0.0568. The summed E-state index contributed by atoms with van der Waals surface area (Å²) in [5.41, 5.74) is 4.26. The van der Waals surface area contributed by atoms with Gasteiger partial charge in [0.25, 0.3) is 0 Å². The van der Waals surface area contributed by atoms with E-state index < -0.39 is 0 Å². The number of aldehydes is 1. The molecule has 1 aliphatic rings. The Labute approximate surface area is 173 Å². The Morgan fingerprint density at radius 3 is 2.28 bits per heavy atom.